The molecule has 4 rings (SSSR count). The number of carbonyl (C=O) groups excluding carboxylic acids is 2. The van der Waals surface area contributed by atoms with E-state index < -0.39 is 28.5 Å². The monoisotopic (exact) mass is 515 g/mol. The van der Waals surface area contributed by atoms with Gasteiger partial charge in [0.2, 0.25) is 0 Å². The number of rotatable bonds is 7. The van der Waals surface area contributed by atoms with E-state index in [2.05, 4.69) is 10.3 Å². The molecule has 1 heterocycles. The molecule has 4 aromatic rings. The number of sulfonamides is 1. The van der Waals surface area contributed by atoms with Crippen LogP contribution in [0.4, 0.5) is 10.8 Å². The normalized spacial score (nSPS) is 11.2. The van der Waals surface area contributed by atoms with Crippen LogP contribution in [0.5, 0.6) is 0 Å². The molecule has 0 aliphatic carbocycles. The number of carbonyl (C=O) groups is 2. The molecule has 0 atom stereocenters. The molecule has 0 fully saturated rings. The summed E-state index contributed by atoms with van der Waals surface area (Å²) >= 11 is 7.40. The third-order valence-corrected chi connectivity index (χ3v) is 7.87. The number of fused-ring (bicyclic) bond motifs is 1. The molecule has 0 aliphatic heterocycles. The van der Waals surface area contributed by atoms with Gasteiger partial charge < -0.3 is 4.74 Å². The number of ether oxygens (including phenoxy) is 1. The molecule has 174 valence electrons. The van der Waals surface area contributed by atoms with Crippen LogP contribution < -0.4 is 9.62 Å². The van der Waals surface area contributed by atoms with Crippen molar-refractivity contribution in [2.45, 2.75) is 4.90 Å². The fraction of sp³-hybridized carbons (Fsp3) is 0.0870. The van der Waals surface area contributed by atoms with E-state index in [1.54, 1.807) is 30.3 Å². The second-order valence-electron chi connectivity index (χ2n) is 7.06. The number of hydrogen-bond acceptors (Lipinski definition) is 7. The molecule has 1 aromatic heterocycles. The lowest BCUT2D eigenvalue weighted by atomic mass is 10.2. The molecule has 1 N–H and O–H groups in total. The van der Waals surface area contributed by atoms with E-state index in [1.165, 1.54) is 30.5 Å². The van der Waals surface area contributed by atoms with E-state index in [0.29, 0.717) is 10.8 Å². The maximum atomic E-state index is 13.0. The molecule has 0 saturated carbocycles. The summed E-state index contributed by atoms with van der Waals surface area (Å²) in [6, 6.07) is 19.6. The van der Waals surface area contributed by atoms with E-state index in [-0.39, 0.29) is 15.5 Å². The highest BCUT2D eigenvalue weighted by atomic mass is 35.5. The molecule has 8 nitrogen and oxygen atoms in total. The maximum absolute atomic E-state index is 13.0. The number of esters is 1. The maximum Gasteiger partial charge on any atom is 0.340 e. The van der Waals surface area contributed by atoms with Crippen LogP contribution in [-0.4, -0.2) is 38.9 Å². The van der Waals surface area contributed by atoms with E-state index in [1.807, 2.05) is 24.3 Å². The zero-order valence-electron chi connectivity index (χ0n) is 17.8. The van der Waals surface area contributed by atoms with Gasteiger partial charge in [0, 0.05) is 7.05 Å². The van der Waals surface area contributed by atoms with Gasteiger partial charge >= 0.3 is 5.97 Å². The summed E-state index contributed by atoms with van der Waals surface area (Å²) < 4.78 is 33.1. The van der Waals surface area contributed by atoms with Crippen molar-refractivity contribution in [1.29, 1.82) is 0 Å². The fourth-order valence-corrected chi connectivity index (χ4v) is 5.34. The molecule has 11 heteroatoms. The highest BCUT2D eigenvalue weighted by Crippen LogP contribution is 2.27. The Morgan fingerprint density at radius 2 is 1.76 bits per heavy atom. The molecule has 0 spiro atoms. The number of aromatic nitrogens is 1. The Bertz CT molecular complexity index is 1440. The Kier molecular flexibility index (Phi) is 6.82. The van der Waals surface area contributed by atoms with E-state index >= 15 is 0 Å². The van der Waals surface area contributed by atoms with Gasteiger partial charge in [0.25, 0.3) is 15.9 Å². The summed E-state index contributed by atoms with van der Waals surface area (Å²) in [6.07, 6.45) is 0. The molecule has 1 amide bonds. The number of nitrogens with one attached hydrogen (secondary N) is 1. The van der Waals surface area contributed by atoms with Gasteiger partial charge in [-0.05, 0) is 42.5 Å². The molecular formula is C23H18ClN3O5S2. The van der Waals surface area contributed by atoms with Gasteiger partial charge in [0.1, 0.15) is 0 Å². The molecule has 0 saturated heterocycles. The van der Waals surface area contributed by atoms with Crippen molar-refractivity contribution in [3.05, 3.63) is 83.4 Å². The fourth-order valence-electron chi connectivity index (χ4n) is 3.05. The van der Waals surface area contributed by atoms with Gasteiger partial charge in [-0.15, -0.1) is 0 Å². The molecule has 0 bridgehead atoms. The van der Waals surface area contributed by atoms with E-state index in [0.717, 1.165) is 20.6 Å². The summed E-state index contributed by atoms with van der Waals surface area (Å²) in [6.45, 7) is -0.591. The van der Waals surface area contributed by atoms with Crippen LogP contribution in [0.1, 0.15) is 10.4 Å². The number of amides is 1. The third kappa shape index (κ3) is 5.04. The van der Waals surface area contributed by atoms with Crippen molar-refractivity contribution in [1.82, 2.24) is 4.98 Å². The summed E-state index contributed by atoms with van der Waals surface area (Å²) in [5.41, 5.74) is 1.02. The van der Waals surface area contributed by atoms with E-state index in [4.69, 9.17) is 16.3 Å². The first-order valence-corrected chi connectivity index (χ1v) is 12.6. The van der Waals surface area contributed by atoms with Gasteiger partial charge in [-0.25, -0.2) is 18.2 Å². The minimum Gasteiger partial charge on any atom is -0.452 e. The number of benzene rings is 3. The number of hydrogen-bond donors (Lipinski definition) is 1. The second-order valence-corrected chi connectivity index (χ2v) is 10.5. The summed E-state index contributed by atoms with van der Waals surface area (Å²) in [5, 5.41) is 2.95. The SMILES string of the molecule is CN(c1ccccc1)S(=O)(=O)c1ccc(Cl)c(C(=O)OCC(=O)Nc2nc3ccccc3s2)c1. The van der Waals surface area contributed by atoms with Crippen molar-refractivity contribution in [3.8, 4) is 0 Å². The number of thiazole rings is 1. The Morgan fingerprint density at radius 1 is 1.06 bits per heavy atom. The van der Waals surface area contributed by atoms with Crippen molar-refractivity contribution < 1.29 is 22.7 Å². The standard InChI is InChI=1S/C23H18ClN3O5S2/c1-27(15-7-3-2-4-8-15)34(30,31)16-11-12-18(24)17(13-16)22(29)32-14-21(28)26-23-25-19-9-5-6-10-20(19)33-23/h2-13H,14H2,1H3,(H,25,26,28). The molecule has 34 heavy (non-hydrogen) atoms. The van der Waals surface area contributed by atoms with Crippen molar-refractivity contribution in [2.75, 3.05) is 23.3 Å². The predicted molar refractivity (Wildman–Crippen MR) is 132 cm³/mol. The number of para-hydroxylation sites is 2. The average Bonchev–Trinajstić information content (AvgIpc) is 3.25. The van der Waals surface area contributed by atoms with Crippen LogP contribution in [0.3, 0.4) is 0 Å². The lowest BCUT2D eigenvalue weighted by molar-refractivity contribution is -0.119. The zero-order chi connectivity index (χ0) is 24.3. The predicted octanol–water partition coefficient (Wildman–Crippen LogP) is 4.57. The minimum atomic E-state index is -3.97. The molecular weight excluding hydrogens is 498 g/mol. The first-order valence-electron chi connectivity index (χ1n) is 9.92. The number of nitrogens with zero attached hydrogens (tertiary/aromatic N) is 2. The summed E-state index contributed by atoms with van der Waals surface area (Å²) in [4.78, 5) is 28.9. The van der Waals surface area contributed by atoms with Crippen molar-refractivity contribution >= 4 is 65.9 Å². The number of halogens is 1. The largest absolute Gasteiger partial charge is 0.452 e. The minimum absolute atomic E-state index is 0.00195. The molecule has 0 unspecified atom stereocenters. The topological polar surface area (TPSA) is 106 Å². The van der Waals surface area contributed by atoms with Crippen LogP contribution in [-0.2, 0) is 19.6 Å². The molecule has 0 radical (unpaired) electrons. The van der Waals surface area contributed by atoms with Crippen LogP contribution in [0.15, 0.2) is 77.7 Å². The van der Waals surface area contributed by atoms with E-state index in [9.17, 15) is 18.0 Å². The second kappa shape index (κ2) is 9.80. The van der Waals surface area contributed by atoms with Crippen LogP contribution in [0, 0.1) is 0 Å². The first kappa shape index (κ1) is 23.7. The molecule has 3 aromatic carbocycles. The van der Waals surface area contributed by atoms with Gasteiger partial charge in [0.05, 0.1) is 31.4 Å². The van der Waals surface area contributed by atoms with Gasteiger partial charge in [-0.2, -0.15) is 0 Å². The zero-order valence-corrected chi connectivity index (χ0v) is 20.2. The smallest absolute Gasteiger partial charge is 0.340 e. The van der Waals surface area contributed by atoms with Gasteiger partial charge in [0.15, 0.2) is 11.7 Å². The number of anilines is 2. The van der Waals surface area contributed by atoms with Crippen molar-refractivity contribution in [2.24, 2.45) is 0 Å². The Balaban J connectivity index is 1.45. The highest BCUT2D eigenvalue weighted by Gasteiger charge is 2.24. The van der Waals surface area contributed by atoms with Gasteiger partial charge in [-0.3, -0.25) is 14.4 Å². The van der Waals surface area contributed by atoms with Crippen LogP contribution >= 0.6 is 22.9 Å². The van der Waals surface area contributed by atoms with Crippen molar-refractivity contribution in [3.63, 3.8) is 0 Å². The van der Waals surface area contributed by atoms with Crippen LogP contribution in [0.25, 0.3) is 10.2 Å². The molecule has 0 aliphatic rings. The summed E-state index contributed by atoms with van der Waals surface area (Å²) in [7, 11) is -2.56. The quantitative estimate of drug-likeness (QED) is 0.361. The Labute approximate surface area is 204 Å². The lowest BCUT2D eigenvalue weighted by Gasteiger charge is -2.20. The average molecular weight is 516 g/mol. The van der Waals surface area contributed by atoms with Gasteiger partial charge in [-0.1, -0.05) is 53.3 Å². The Hall–Kier alpha value is -3.47. The first-order chi connectivity index (χ1) is 16.3. The summed E-state index contributed by atoms with van der Waals surface area (Å²) in [5.74, 6) is -1.51. The third-order valence-electron chi connectivity index (χ3n) is 4.81. The Morgan fingerprint density at radius 3 is 2.50 bits per heavy atom. The van der Waals surface area contributed by atoms with Crippen LogP contribution in [0.2, 0.25) is 5.02 Å². The highest BCUT2D eigenvalue weighted by molar-refractivity contribution is 7.92. The lowest BCUT2D eigenvalue weighted by Crippen LogP contribution is -2.27.